The molecule has 0 atom stereocenters. The Morgan fingerprint density at radius 1 is 1.42 bits per heavy atom. The second-order valence-electron chi connectivity index (χ2n) is 4.37. The summed E-state index contributed by atoms with van der Waals surface area (Å²) in [6.45, 7) is 3.26. The highest BCUT2D eigenvalue weighted by Crippen LogP contribution is 2.21. The first-order valence-electron chi connectivity index (χ1n) is 6.30. The van der Waals surface area contributed by atoms with Crippen LogP contribution >= 0.6 is 0 Å². The van der Waals surface area contributed by atoms with Crippen LogP contribution in [0.5, 0.6) is 0 Å². The maximum absolute atomic E-state index is 11.9. The standard InChI is InChI=1S/C14H18N4O/c1-11-4-2-5-12(10-11)18(9-3-6-15)13-14(19)17-8-7-16-13/h2,4-5,7-8,10H,3,6,9,15H2,1H3,(H,17,19). The predicted molar refractivity (Wildman–Crippen MR) is 76.7 cm³/mol. The molecule has 0 bridgehead atoms. The lowest BCUT2D eigenvalue weighted by Gasteiger charge is -2.23. The molecular formula is C14H18N4O. The Labute approximate surface area is 112 Å². The van der Waals surface area contributed by atoms with E-state index in [1.165, 1.54) is 6.20 Å². The SMILES string of the molecule is Cc1cccc(N(CCCN)c2ncc[nH]c2=O)c1. The predicted octanol–water partition coefficient (Wildman–Crippen LogP) is 1.57. The minimum atomic E-state index is -0.193. The van der Waals surface area contributed by atoms with Crippen LogP contribution in [0.1, 0.15) is 12.0 Å². The van der Waals surface area contributed by atoms with Gasteiger partial charge in [-0.3, -0.25) is 4.79 Å². The number of nitrogens with one attached hydrogen (secondary N) is 1. The van der Waals surface area contributed by atoms with E-state index in [0.29, 0.717) is 18.9 Å². The zero-order valence-electron chi connectivity index (χ0n) is 11.0. The van der Waals surface area contributed by atoms with Crippen molar-refractivity contribution >= 4 is 11.5 Å². The summed E-state index contributed by atoms with van der Waals surface area (Å²) in [7, 11) is 0. The van der Waals surface area contributed by atoms with Crippen LogP contribution in [0.25, 0.3) is 0 Å². The van der Waals surface area contributed by atoms with Crippen LogP contribution in [0.2, 0.25) is 0 Å². The maximum Gasteiger partial charge on any atom is 0.291 e. The minimum Gasteiger partial charge on any atom is -0.330 e. The molecule has 100 valence electrons. The lowest BCUT2D eigenvalue weighted by Crippen LogP contribution is -2.28. The highest BCUT2D eigenvalue weighted by atomic mass is 16.1. The van der Waals surface area contributed by atoms with E-state index >= 15 is 0 Å². The molecule has 0 spiro atoms. The largest absolute Gasteiger partial charge is 0.330 e. The third-order valence-corrected chi connectivity index (χ3v) is 2.84. The quantitative estimate of drug-likeness (QED) is 0.853. The van der Waals surface area contributed by atoms with Gasteiger partial charge in [0.05, 0.1) is 0 Å². The summed E-state index contributed by atoms with van der Waals surface area (Å²) in [5.41, 5.74) is 7.47. The minimum absolute atomic E-state index is 0.193. The molecule has 0 radical (unpaired) electrons. The number of aryl methyl sites for hydroxylation is 1. The van der Waals surface area contributed by atoms with Crippen LogP contribution in [0.3, 0.4) is 0 Å². The van der Waals surface area contributed by atoms with Gasteiger partial charge in [-0.15, -0.1) is 0 Å². The van der Waals surface area contributed by atoms with Crippen molar-refractivity contribution < 1.29 is 0 Å². The van der Waals surface area contributed by atoms with Crippen molar-refractivity contribution in [1.29, 1.82) is 0 Å². The average molecular weight is 258 g/mol. The number of benzene rings is 1. The molecule has 1 heterocycles. The van der Waals surface area contributed by atoms with Crippen molar-refractivity contribution in [2.45, 2.75) is 13.3 Å². The molecule has 0 saturated heterocycles. The van der Waals surface area contributed by atoms with Crippen molar-refractivity contribution in [3.8, 4) is 0 Å². The molecule has 2 rings (SSSR count). The van der Waals surface area contributed by atoms with E-state index in [1.54, 1.807) is 6.20 Å². The van der Waals surface area contributed by atoms with Gasteiger partial charge in [0.25, 0.3) is 5.56 Å². The van der Waals surface area contributed by atoms with Crippen molar-refractivity contribution in [3.05, 3.63) is 52.6 Å². The maximum atomic E-state index is 11.9. The van der Waals surface area contributed by atoms with Gasteiger partial charge in [0.2, 0.25) is 0 Å². The monoisotopic (exact) mass is 258 g/mol. The fourth-order valence-electron chi connectivity index (χ4n) is 1.94. The van der Waals surface area contributed by atoms with Crippen LogP contribution in [-0.4, -0.2) is 23.1 Å². The number of aromatic nitrogens is 2. The fraction of sp³-hybridized carbons (Fsp3) is 0.286. The Balaban J connectivity index is 2.41. The van der Waals surface area contributed by atoms with Crippen LogP contribution in [0.15, 0.2) is 41.5 Å². The lowest BCUT2D eigenvalue weighted by molar-refractivity contribution is 0.804. The number of rotatable bonds is 5. The van der Waals surface area contributed by atoms with E-state index in [0.717, 1.165) is 17.7 Å². The third-order valence-electron chi connectivity index (χ3n) is 2.84. The molecule has 0 fully saturated rings. The fourth-order valence-corrected chi connectivity index (χ4v) is 1.94. The number of nitrogens with two attached hydrogens (primary N) is 1. The number of nitrogens with zero attached hydrogens (tertiary/aromatic N) is 2. The molecule has 0 aliphatic carbocycles. The van der Waals surface area contributed by atoms with E-state index in [2.05, 4.69) is 9.97 Å². The Kier molecular flexibility index (Phi) is 4.30. The molecule has 3 N–H and O–H groups in total. The molecule has 5 nitrogen and oxygen atoms in total. The molecule has 19 heavy (non-hydrogen) atoms. The van der Waals surface area contributed by atoms with Gasteiger partial charge in [0, 0.05) is 24.6 Å². The van der Waals surface area contributed by atoms with Gasteiger partial charge >= 0.3 is 0 Å². The molecule has 1 aromatic carbocycles. The van der Waals surface area contributed by atoms with Crippen LogP contribution in [0.4, 0.5) is 11.5 Å². The Morgan fingerprint density at radius 3 is 2.95 bits per heavy atom. The molecule has 0 amide bonds. The number of H-pyrrole nitrogens is 1. The summed E-state index contributed by atoms with van der Waals surface area (Å²) in [4.78, 5) is 20.6. The molecule has 0 unspecified atom stereocenters. The van der Waals surface area contributed by atoms with Gasteiger partial charge in [-0.05, 0) is 37.6 Å². The molecule has 0 saturated carbocycles. The zero-order chi connectivity index (χ0) is 13.7. The van der Waals surface area contributed by atoms with Gasteiger partial charge in [-0.1, -0.05) is 12.1 Å². The van der Waals surface area contributed by atoms with E-state index in [1.807, 2.05) is 36.1 Å². The van der Waals surface area contributed by atoms with Gasteiger partial charge in [-0.2, -0.15) is 0 Å². The molecule has 0 aliphatic rings. The topological polar surface area (TPSA) is 75.0 Å². The van der Waals surface area contributed by atoms with Gasteiger partial charge in [-0.25, -0.2) is 4.98 Å². The first-order chi connectivity index (χ1) is 9.22. The van der Waals surface area contributed by atoms with E-state index in [-0.39, 0.29) is 5.56 Å². The summed E-state index contributed by atoms with van der Waals surface area (Å²) in [5.74, 6) is 0.404. The number of aromatic amines is 1. The van der Waals surface area contributed by atoms with Crippen molar-refractivity contribution in [1.82, 2.24) is 9.97 Å². The first-order valence-corrected chi connectivity index (χ1v) is 6.30. The summed E-state index contributed by atoms with van der Waals surface area (Å²) in [5, 5.41) is 0. The van der Waals surface area contributed by atoms with E-state index < -0.39 is 0 Å². The number of hydrogen-bond donors (Lipinski definition) is 2. The van der Waals surface area contributed by atoms with Gasteiger partial charge in [0.15, 0.2) is 5.82 Å². The Morgan fingerprint density at radius 2 is 2.26 bits per heavy atom. The highest BCUT2D eigenvalue weighted by molar-refractivity contribution is 5.59. The van der Waals surface area contributed by atoms with Crippen molar-refractivity contribution in [2.75, 3.05) is 18.0 Å². The van der Waals surface area contributed by atoms with E-state index in [9.17, 15) is 4.79 Å². The second kappa shape index (κ2) is 6.15. The first kappa shape index (κ1) is 13.3. The van der Waals surface area contributed by atoms with Crippen molar-refractivity contribution in [2.24, 2.45) is 5.73 Å². The average Bonchev–Trinajstić information content (AvgIpc) is 2.41. The Bertz CT molecular complexity index is 594. The molecule has 0 aliphatic heterocycles. The van der Waals surface area contributed by atoms with Crippen LogP contribution < -0.4 is 16.2 Å². The van der Waals surface area contributed by atoms with Crippen LogP contribution in [-0.2, 0) is 0 Å². The van der Waals surface area contributed by atoms with Crippen LogP contribution in [0, 0.1) is 6.92 Å². The van der Waals surface area contributed by atoms with E-state index in [4.69, 9.17) is 5.73 Å². The van der Waals surface area contributed by atoms with Crippen molar-refractivity contribution in [3.63, 3.8) is 0 Å². The summed E-state index contributed by atoms with van der Waals surface area (Å²) >= 11 is 0. The molecule has 5 heteroatoms. The summed E-state index contributed by atoms with van der Waals surface area (Å²) in [6.07, 6.45) is 3.91. The highest BCUT2D eigenvalue weighted by Gasteiger charge is 2.13. The number of anilines is 2. The van der Waals surface area contributed by atoms with Gasteiger partial charge in [0.1, 0.15) is 0 Å². The molecular weight excluding hydrogens is 240 g/mol. The smallest absolute Gasteiger partial charge is 0.291 e. The summed E-state index contributed by atoms with van der Waals surface area (Å²) in [6, 6.07) is 7.99. The Hall–Kier alpha value is -2.14. The lowest BCUT2D eigenvalue weighted by atomic mass is 10.2. The van der Waals surface area contributed by atoms with Gasteiger partial charge < -0.3 is 15.6 Å². The summed E-state index contributed by atoms with van der Waals surface area (Å²) < 4.78 is 0. The normalized spacial score (nSPS) is 10.4. The third kappa shape index (κ3) is 3.20. The zero-order valence-corrected chi connectivity index (χ0v) is 11.0. The number of hydrogen-bond acceptors (Lipinski definition) is 4. The second-order valence-corrected chi connectivity index (χ2v) is 4.37. The molecule has 1 aromatic heterocycles. The molecule has 2 aromatic rings.